The van der Waals surface area contributed by atoms with E-state index in [0.29, 0.717) is 0 Å². The average molecular weight is 189 g/mol. The molecule has 0 aliphatic carbocycles. The second kappa shape index (κ2) is 3.30. The van der Waals surface area contributed by atoms with Crippen molar-refractivity contribution in [3.8, 4) is 10.4 Å². The van der Waals surface area contributed by atoms with Gasteiger partial charge in [0.1, 0.15) is 0 Å². The van der Waals surface area contributed by atoms with Crippen LogP contribution in [0.1, 0.15) is 10.6 Å². The Balaban J connectivity index is 2.46. The monoisotopic (exact) mass is 189 g/mol. The molecule has 0 saturated heterocycles. The van der Waals surface area contributed by atoms with Gasteiger partial charge in [0.15, 0.2) is 0 Å². The Morgan fingerprint density at radius 2 is 2.08 bits per heavy atom. The quantitative estimate of drug-likeness (QED) is 0.669. The second-order valence-corrected chi connectivity index (χ2v) is 4.35. The summed E-state index contributed by atoms with van der Waals surface area (Å²) in [6.07, 6.45) is 1.94. The van der Waals surface area contributed by atoms with Gasteiger partial charge in [-0.1, -0.05) is 29.8 Å². The fraction of sp³-hybridized carbons (Fsp3) is 0.182. The molecule has 0 saturated carbocycles. The first-order chi connectivity index (χ1) is 6.25. The van der Waals surface area contributed by atoms with Gasteiger partial charge in [0.05, 0.1) is 9.88 Å². The topological polar surface area (TPSA) is 12.9 Å². The van der Waals surface area contributed by atoms with E-state index in [1.165, 1.54) is 16.0 Å². The lowest BCUT2D eigenvalue weighted by molar-refractivity contribution is 1.30. The molecule has 0 unspecified atom stereocenters. The van der Waals surface area contributed by atoms with Crippen molar-refractivity contribution in [3.05, 3.63) is 41.0 Å². The number of aryl methyl sites for hydroxylation is 2. The van der Waals surface area contributed by atoms with E-state index in [4.69, 9.17) is 0 Å². The summed E-state index contributed by atoms with van der Waals surface area (Å²) < 4.78 is 0. The number of aromatic nitrogens is 1. The Morgan fingerprint density at radius 3 is 2.69 bits per heavy atom. The molecule has 1 nitrogen and oxygen atoms in total. The Labute approximate surface area is 82.1 Å². The highest BCUT2D eigenvalue weighted by molar-refractivity contribution is 7.15. The van der Waals surface area contributed by atoms with Gasteiger partial charge in [0, 0.05) is 6.20 Å². The summed E-state index contributed by atoms with van der Waals surface area (Å²) in [5, 5.41) is 1.12. The number of thiazole rings is 1. The summed E-state index contributed by atoms with van der Waals surface area (Å²) in [6.45, 7) is 4.14. The molecule has 2 aromatic rings. The van der Waals surface area contributed by atoms with Crippen LogP contribution in [0.25, 0.3) is 10.4 Å². The highest BCUT2D eigenvalue weighted by atomic mass is 32.1. The fourth-order valence-electron chi connectivity index (χ4n) is 1.29. The highest BCUT2D eigenvalue weighted by Crippen LogP contribution is 2.25. The molecular weight excluding hydrogens is 178 g/mol. The fourth-order valence-corrected chi connectivity index (χ4v) is 2.07. The van der Waals surface area contributed by atoms with Crippen molar-refractivity contribution in [3.63, 3.8) is 0 Å². The Kier molecular flexibility index (Phi) is 2.15. The van der Waals surface area contributed by atoms with Crippen LogP contribution in [0.5, 0.6) is 0 Å². The molecule has 0 radical (unpaired) electrons. The van der Waals surface area contributed by atoms with Crippen molar-refractivity contribution in [2.24, 2.45) is 0 Å². The van der Waals surface area contributed by atoms with Gasteiger partial charge in [0.2, 0.25) is 0 Å². The molecule has 0 N–H and O–H groups in total. The van der Waals surface area contributed by atoms with Crippen molar-refractivity contribution in [2.75, 3.05) is 0 Å². The van der Waals surface area contributed by atoms with Crippen LogP contribution in [0.3, 0.4) is 0 Å². The van der Waals surface area contributed by atoms with Crippen LogP contribution in [0, 0.1) is 13.8 Å². The molecule has 0 spiro atoms. The molecule has 0 bridgehead atoms. The van der Waals surface area contributed by atoms with Gasteiger partial charge in [-0.15, -0.1) is 11.3 Å². The third kappa shape index (κ3) is 1.78. The van der Waals surface area contributed by atoms with Crippen LogP contribution in [0.4, 0.5) is 0 Å². The van der Waals surface area contributed by atoms with Crippen LogP contribution in [0.2, 0.25) is 0 Å². The number of benzene rings is 1. The van der Waals surface area contributed by atoms with Crippen molar-refractivity contribution in [2.45, 2.75) is 13.8 Å². The number of rotatable bonds is 1. The predicted octanol–water partition coefficient (Wildman–Crippen LogP) is 3.43. The molecule has 0 fully saturated rings. The summed E-state index contributed by atoms with van der Waals surface area (Å²) in [5.74, 6) is 0. The molecule has 13 heavy (non-hydrogen) atoms. The van der Waals surface area contributed by atoms with E-state index in [2.05, 4.69) is 36.2 Å². The summed E-state index contributed by atoms with van der Waals surface area (Å²) in [6, 6.07) is 8.50. The first-order valence-corrected chi connectivity index (χ1v) is 5.07. The predicted molar refractivity (Wildman–Crippen MR) is 57.0 cm³/mol. The van der Waals surface area contributed by atoms with Gasteiger partial charge in [-0.05, 0) is 19.4 Å². The zero-order valence-electron chi connectivity index (χ0n) is 7.74. The molecular formula is C11H11NS. The molecule has 66 valence electrons. The van der Waals surface area contributed by atoms with Crippen LogP contribution < -0.4 is 0 Å². The first-order valence-electron chi connectivity index (χ1n) is 4.25. The summed E-state index contributed by atoms with van der Waals surface area (Å²) in [5.41, 5.74) is 2.56. The zero-order chi connectivity index (χ0) is 9.26. The molecule has 1 aromatic carbocycles. The number of nitrogens with zero attached hydrogens (tertiary/aromatic N) is 1. The van der Waals surface area contributed by atoms with Gasteiger partial charge in [-0.3, -0.25) is 0 Å². The lowest BCUT2D eigenvalue weighted by Gasteiger charge is -1.97. The molecule has 0 atom stereocenters. The summed E-state index contributed by atoms with van der Waals surface area (Å²) in [7, 11) is 0. The van der Waals surface area contributed by atoms with Crippen molar-refractivity contribution in [1.82, 2.24) is 4.98 Å². The van der Waals surface area contributed by atoms with E-state index >= 15 is 0 Å². The molecule has 1 aromatic heterocycles. The lowest BCUT2D eigenvalue weighted by Crippen LogP contribution is -1.73. The highest BCUT2D eigenvalue weighted by Gasteiger charge is 2.00. The third-order valence-corrected chi connectivity index (χ3v) is 2.89. The third-order valence-electron chi connectivity index (χ3n) is 1.92. The Bertz CT molecular complexity index is 418. The second-order valence-electron chi connectivity index (χ2n) is 3.11. The van der Waals surface area contributed by atoms with Gasteiger partial charge in [-0.2, -0.15) is 0 Å². The smallest absolute Gasteiger partial charge is 0.0900 e. The van der Waals surface area contributed by atoms with Crippen LogP contribution >= 0.6 is 11.3 Å². The minimum absolute atomic E-state index is 1.12. The molecule has 0 aliphatic rings. The maximum absolute atomic E-state index is 4.24. The summed E-state index contributed by atoms with van der Waals surface area (Å²) in [4.78, 5) is 5.49. The largest absolute Gasteiger partial charge is 0.249 e. The molecule has 2 heteroatoms. The van der Waals surface area contributed by atoms with Crippen LogP contribution in [-0.2, 0) is 0 Å². The summed E-state index contributed by atoms with van der Waals surface area (Å²) >= 11 is 1.74. The molecule has 1 heterocycles. The zero-order valence-corrected chi connectivity index (χ0v) is 8.56. The standard InChI is InChI=1S/C11H11NS/c1-8-4-3-5-10(6-8)11-7-12-9(2)13-11/h3-7H,1-2H3. The van der Waals surface area contributed by atoms with E-state index in [0.717, 1.165) is 5.01 Å². The molecule has 0 amide bonds. The van der Waals surface area contributed by atoms with Crippen molar-refractivity contribution < 1.29 is 0 Å². The van der Waals surface area contributed by atoms with Crippen molar-refractivity contribution >= 4 is 11.3 Å². The Hall–Kier alpha value is -1.15. The van der Waals surface area contributed by atoms with Gasteiger partial charge in [-0.25, -0.2) is 4.98 Å². The molecule has 2 rings (SSSR count). The maximum Gasteiger partial charge on any atom is 0.0900 e. The van der Waals surface area contributed by atoms with E-state index in [1.54, 1.807) is 11.3 Å². The first kappa shape index (κ1) is 8.45. The normalized spacial score (nSPS) is 10.3. The number of hydrogen-bond acceptors (Lipinski definition) is 2. The van der Waals surface area contributed by atoms with Crippen LogP contribution in [0.15, 0.2) is 30.5 Å². The van der Waals surface area contributed by atoms with Gasteiger partial charge < -0.3 is 0 Å². The van der Waals surface area contributed by atoms with Gasteiger partial charge in [0.25, 0.3) is 0 Å². The SMILES string of the molecule is Cc1cccc(-c2cnc(C)s2)c1. The van der Waals surface area contributed by atoms with Gasteiger partial charge >= 0.3 is 0 Å². The maximum atomic E-state index is 4.24. The van der Waals surface area contributed by atoms with Crippen molar-refractivity contribution in [1.29, 1.82) is 0 Å². The van der Waals surface area contributed by atoms with Crippen LogP contribution in [-0.4, -0.2) is 4.98 Å². The van der Waals surface area contributed by atoms with E-state index < -0.39 is 0 Å². The Morgan fingerprint density at radius 1 is 1.23 bits per heavy atom. The number of hydrogen-bond donors (Lipinski definition) is 0. The molecule has 0 aliphatic heterocycles. The average Bonchev–Trinajstić information content (AvgIpc) is 2.52. The van der Waals surface area contributed by atoms with E-state index in [9.17, 15) is 0 Å². The lowest BCUT2D eigenvalue weighted by atomic mass is 10.1. The minimum atomic E-state index is 1.12. The minimum Gasteiger partial charge on any atom is -0.249 e. The van der Waals surface area contributed by atoms with E-state index in [-0.39, 0.29) is 0 Å². The van der Waals surface area contributed by atoms with E-state index in [1.807, 2.05) is 13.1 Å².